The molecule has 0 aromatic heterocycles. The molecular formula is C13H20N2O2. The van der Waals surface area contributed by atoms with Crippen LogP contribution in [0.25, 0.3) is 0 Å². The molecule has 1 aromatic carbocycles. The van der Waals surface area contributed by atoms with Crippen molar-refractivity contribution in [1.82, 2.24) is 0 Å². The lowest BCUT2D eigenvalue weighted by Crippen LogP contribution is -2.33. The van der Waals surface area contributed by atoms with Crippen molar-refractivity contribution in [2.45, 2.75) is 31.3 Å². The van der Waals surface area contributed by atoms with Gasteiger partial charge in [0.05, 0.1) is 24.1 Å². The van der Waals surface area contributed by atoms with Gasteiger partial charge < -0.3 is 20.9 Å². The first-order chi connectivity index (χ1) is 8.13. The highest BCUT2D eigenvalue weighted by atomic mass is 16.5. The predicted molar refractivity (Wildman–Crippen MR) is 69.3 cm³/mol. The Bertz CT molecular complexity index is 387. The predicted octanol–water partition coefficient (Wildman–Crippen LogP) is 1.99. The number of aliphatic hydroxyl groups is 1. The normalized spacial score (nSPS) is 18.0. The van der Waals surface area contributed by atoms with Crippen LogP contribution in [0, 0.1) is 0 Å². The minimum absolute atomic E-state index is 0.546. The summed E-state index contributed by atoms with van der Waals surface area (Å²) >= 11 is 0. The number of ether oxygens (including phenoxy) is 1. The third-order valence-electron chi connectivity index (χ3n) is 3.40. The van der Waals surface area contributed by atoms with Gasteiger partial charge in [0, 0.05) is 12.6 Å². The average Bonchev–Trinajstić information content (AvgIpc) is 2.76. The number of anilines is 2. The van der Waals surface area contributed by atoms with Crippen LogP contribution < -0.4 is 15.8 Å². The summed E-state index contributed by atoms with van der Waals surface area (Å²) in [7, 11) is 1.62. The molecule has 4 nitrogen and oxygen atoms in total. The monoisotopic (exact) mass is 236 g/mol. The van der Waals surface area contributed by atoms with Gasteiger partial charge in [-0.3, -0.25) is 0 Å². The van der Waals surface area contributed by atoms with Crippen molar-refractivity contribution in [3.63, 3.8) is 0 Å². The maximum Gasteiger partial charge on any atom is 0.121 e. The van der Waals surface area contributed by atoms with E-state index < -0.39 is 5.60 Å². The topological polar surface area (TPSA) is 67.5 Å². The van der Waals surface area contributed by atoms with Gasteiger partial charge in [-0.25, -0.2) is 0 Å². The largest absolute Gasteiger partial charge is 0.497 e. The molecule has 0 radical (unpaired) electrons. The fourth-order valence-corrected chi connectivity index (χ4v) is 2.29. The average molecular weight is 236 g/mol. The molecule has 0 unspecified atom stereocenters. The van der Waals surface area contributed by atoms with Crippen LogP contribution >= 0.6 is 0 Å². The van der Waals surface area contributed by atoms with Gasteiger partial charge >= 0.3 is 0 Å². The number of hydrogen-bond donors (Lipinski definition) is 3. The Morgan fingerprint density at radius 1 is 1.41 bits per heavy atom. The van der Waals surface area contributed by atoms with E-state index in [1.807, 2.05) is 12.1 Å². The van der Waals surface area contributed by atoms with Crippen LogP contribution in [0.15, 0.2) is 18.2 Å². The molecule has 0 spiro atoms. The molecule has 17 heavy (non-hydrogen) atoms. The van der Waals surface area contributed by atoms with Crippen molar-refractivity contribution < 1.29 is 9.84 Å². The van der Waals surface area contributed by atoms with Crippen LogP contribution in [-0.4, -0.2) is 24.4 Å². The summed E-state index contributed by atoms with van der Waals surface area (Å²) in [5, 5.41) is 13.5. The molecule has 1 fully saturated rings. The van der Waals surface area contributed by atoms with E-state index in [0.29, 0.717) is 12.2 Å². The lowest BCUT2D eigenvalue weighted by molar-refractivity contribution is 0.0615. The maximum absolute atomic E-state index is 10.2. The van der Waals surface area contributed by atoms with E-state index in [4.69, 9.17) is 10.5 Å². The number of rotatable bonds is 4. The van der Waals surface area contributed by atoms with Crippen LogP contribution in [0.2, 0.25) is 0 Å². The first-order valence-electron chi connectivity index (χ1n) is 6.03. The Kier molecular flexibility index (Phi) is 3.43. The van der Waals surface area contributed by atoms with Crippen LogP contribution in [0.1, 0.15) is 25.7 Å². The van der Waals surface area contributed by atoms with Gasteiger partial charge in [-0.05, 0) is 25.0 Å². The molecule has 1 aliphatic carbocycles. The number of methoxy groups -OCH3 is 1. The fraction of sp³-hybridized carbons (Fsp3) is 0.538. The second kappa shape index (κ2) is 4.84. The second-order valence-corrected chi connectivity index (χ2v) is 4.74. The summed E-state index contributed by atoms with van der Waals surface area (Å²) in [6, 6.07) is 5.48. The highest BCUT2D eigenvalue weighted by molar-refractivity contribution is 5.68. The van der Waals surface area contributed by atoms with E-state index in [1.54, 1.807) is 13.2 Å². The van der Waals surface area contributed by atoms with Gasteiger partial charge in [0.25, 0.3) is 0 Å². The van der Waals surface area contributed by atoms with Crippen molar-refractivity contribution in [2.75, 3.05) is 24.7 Å². The third-order valence-corrected chi connectivity index (χ3v) is 3.40. The van der Waals surface area contributed by atoms with Crippen LogP contribution in [0.4, 0.5) is 11.4 Å². The van der Waals surface area contributed by atoms with Crippen molar-refractivity contribution in [3.8, 4) is 5.75 Å². The first kappa shape index (κ1) is 12.0. The Hall–Kier alpha value is -1.42. The van der Waals surface area contributed by atoms with E-state index in [9.17, 15) is 5.11 Å². The van der Waals surface area contributed by atoms with Gasteiger partial charge in [0.1, 0.15) is 5.75 Å². The molecule has 4 heteroatoms. The third kappa shape index (κ3) is 2.82. The highest BCUT2D eigenvalue weighted by Crippen LogP contribution is 2.31. The number of benzene rings is 1. The van der Waals surface area contributed by atoms with Gasteiger partial charge in [-0.15, -0.1) is 0 Å². The smallest absolute Gasteiger partial charge is 0.121 e. The zero-order valence-corrected chi connectivity index (χ0v) is 10.2. The number of nitrogens with one attached hydrogen (secondary N) is 1. The minimum atomic E-state index is -0.574. The molecule has 0 bridgehead atoms. The van der Waals surface area contributed by atoms with E-state index in [1.165, 1.54) is 0 Å². The second-order valence-electron chi connectivity index (χ2n) is 4.74. The van der Waals surface area contributed by atoms with E-state index in [2.05, 4.69) is 5.32 Å². The van der Waals surface area contributed by atoms with Crippen molar-refractivity contribution in [2.24, 2.45) is 0 Å². The summed E-state index contributed by atoms with van der Waals surface area (Å²) in [6.45, 7) is 0.546. The molecule has 0 atom stereocenters. The molecular weight excluding hydrogens is 216 g/mol. The summed E-state index contributed by atoms with van der Waals surface area (Å²) in [6.07, 6.45) is 3.94. The maximum atomic E-state index is 10.2. The summed E-state index contributed by atoms with van der Waals surface area (Å²) in [4.78, 5) is 0. The number of nitrogen functional groups attached to an aromatic ring is 1. The molecule has 0 heterocycles. The summed E-state index contributed by atoms with van der Waals surface area (Å²) in [5.41, 5.74) is 6.80. The molecule has 0 amide bonds. The molecule has 1 saturated carbocycles. The first-order valence-corrected chi connectivity index (χ1v) is 6.03. The SMILES string of the molecule is COc1ccc(N)c(NCC2(O)CCCC2)c1. The van der Waals surface area contributed by atoms with E-state index in [0.717, 1.165) is 37.1 Å². The number of hydrogen-bond acceptors (Lipinski definition) is 4. The Balaban J connectivity index is 2.02. The lowest BCUT2D eigenvalue weighted by atomic mass is 10.0. The van der Waals surface area contributed by atoms with Gasteiger partial charge in [0.15, 0.2) is 0 Å². The molecule has 94 valence electrons. The van der Waals surface area contributed by atoms with Gasteiger partial charge in [0.2, 0.25) is 0 Å². The van der Waals surface area contributed by atoms with Crippen LogP contribution in [-0.2, 0) is 0 Å². The lowest BCUT2D eigenvalue weighted by Gasteiger charge is -2.23. The van der Waals surface area contributed by atoms with Crippen molar-refractivity contribution in [3.05, 3.63) is 18.2 Å². The Morgan fingerprint density at radius 2 is 2.12 bits per heavy atom. The number of nitrogens with two attached hydrogens (primary N) is 1. The van der Waals surface area contributed by atoms with Crippen molar-refractivity contribution in [1.29, 1.82) is 0 Å². The summed E-state index contributed by atoms with van der Waals surface area (Å²) in [5.74, 6) is 0.764. The van der Waals surface area contributed by atoms with E-state index in [-0.39, 0.29) is 0 Å². The van der Waals surface area contributed by atoms with E-state index >= 15 is 0 Å². The minimum Gasteiger partial charge on any atom is -0.497 e. The molecule has 1 aliphatic rings. The van der Waals surface area contributed by atoms with Gasteiger partial charge in [-0.1, -0.05) is 12.8 Å². The fourth-order valence-electron chi connectivity index (χ4n) is 2.29. The summed E-state index contributed by atoms with van der Waals surface area (Å²) < 4.78 is 5.15. The van der Waals surface area contributed by atoms with Crippen LogP contribution in [0.3, 0.4) is 0 Å². The zero-order chi connectivity index (χ0) is 12.3. The molecule has 0 saturated heterocycles. The zero-order valence-electron chi connectivity index (χ0n) is 10.2. The van der Waals surface area contributed by atoms with Crippen LogP contribution in [0.5, 0.6) is 5.75 Å². The Labute approximate surface area is 102 Å². The molecule has 0 aliphatic heterocycles. The molecule has 4 N–H and O–H groups in total. The quantitative estimate of drug-likeness (QED) is 0.699. The highest BCUT2D eigenvalue weighted by Gasteiger charge is 2.30. The Morgan fingerprint density at radius 3 is 2.76 bits per heavy atom. The molecule has 1 aromatic rings. The van der Waals surface area contributed by atoms with Crippen molar-refractivity contribution >= 4 is 11.4 Å². The molecule has 2 rings (SSSR count). The standard InChI is InChI=1S/C13H20N2O2/c1-17-10-4-5-11(14)12(8-10)15-9-13(16)6-2-3-7-13/h4-5,8,15-16H,2-3,6-7,9,14H2,1H3. The van der Waals surface area contributed by atoms with Gasteiger partial charge in [-0.2, -0.15) is 0 Å².